The van der Waals surface area contributed by atoms with E-state index in [0.29, 0.717) is 0 Å². The minimum absolute atomic E-state index is 0.0314. The lowest BCUT2D eigenvalue weighted by atomic mass is 9.88. The molecule has 98 valence electrons. The summed E-state index contributed by atoms with van der Waals surface area (Å²) in [5, 5.41) is 10.9. The lowest BCUT2D eigenvalue weighted by Crippen LogP contribution is -2.24. The first kappa shape index (κ1) is 13.1. The number of aliphatic carboxylic acids is 1. The number of carboxylic acids is 1. The quantitative estimate of drug-likeness (QED) is 0.820. The first-order chi connectivity index (χ1) is 9.20. The van der Waals surface area contributed by atoms with E-state index in [2.05, 4.69) is 0 Å². The molecule has 3 heteroatoms. The van der Waals surface area contributed by atoms with E-state index in [4.69, 9.17) is 4.74 Å². The standard InChI is InChI=1S/C16H16O3/c1-19-14-9-7-13(8-10-14)15(11-16(17)18)12-5-3-2-4-6-12/h2-10,15H,11H2,1H3,(H,17,18)/p-1/t15-/m1/s1. The summed E-state index contributed by atoms with van der Waals surface area (Å²) in [6, 6.07) is 17.0. The summed E-state index contributed by atoms with van der Waals surface area (Å²) in [6.07, 6.45) is -0.0314. The molecule has 0 aliphatic carbocycles. The number of benzene rings is 2. The van der Waals surface area contributed by atoms with Gasteiger partial charge in [0.25, 0.3) is 0 Å². The van der Waals surface area contributed by atoms with Crippen LogP contribution in [-0.2, 0) is 4.79 Å². The molecule has 2 aromatic carbocycles. The summed E-state index contributed by atoms with van der Waals surface area (Å²) >= 11 is 0. The van der Waals surface area contributed by atoms with Gasteiger partial charge in [0, 0.05) is 11.9 Å². The van der Waals surface area contributed by atoms with E-state index in [1.807, 2.05) is 54.6 Å². The second-order valence-electron chi connectivity index (χ2n) is 4.31. The van der Waals surface area contributed by atoms with E-state index < -0.39 is 5.97 Å². The number of hydrogen-bond donors (Lipinski definition) is 0. The molecule has 0 bridgehead atoms. The van der Waals surface area contributed by atoms with Gasteiger partial charge in [-0.2, -0.15) is 0 Å². The predicted molar refractivity (Wildman–Crippen MR) is 70.9 cm³/mol. The number of carbonyl (C=O) groups is 1. The molecule has 0 saturated heterocycles. The number of ether oxygens (including phenoxy) is 1. The molecular weight excluding hydrogens is 240 g/mol. The van der Waals surface area contributed by atoms with E-state index in [1.165, 1.54) is 0 Å². The van der Waals surface area contributed by atoms with Crippen molar-refractivity contribution in [3.63, 3.8) is 0 Å². The number of hydrogen-bond acceptors (Lipinski definition) is 3. The van der Waals surface area contributed by atoms with Gasteiger partial charge in [0.2, 0.25) is 0 Å². The maximum absolute atomic E-state index is 10.9. The first-order valence-corrected chi connectivity index (χ1v) is 6.09. The highest BCUT2D eigenvalue weighted by Gasteiger charge is 2.14. The van der Waals surface area contributed by atoms with Crippen LogP contribution in [0, 0.1) is 0 Å². The number of carboxylic acid groups (broad SMARTS) is 1. The van der Waals surface area contributed by atoms with Crippen molar-refractivity contribution < 1.29 is 14.6 Å². The van der Waals surface area contributed by atoms with Crippen LogP contribution in [-0.4, -0.2) is 13.1 Å². The molecule has 1 atom stereocenters. The van der Waals surface area contributed by atoms with Crippen molar-refractivity contribution in [3.05, 3.63) is 65.7 Å². The third-order valence-corrected chi connectivity index (χ3v) is 3.09. The lowest BCUT2D eigenvalue weighted by molar-refractivity contribution is -0.305. The zero-order valence-electron chi connectivity index (χ0n) is 10.7. The Kier molecular flexibility index (Phi) is 4.18. The summed E-state index contributed by atoms with van der Waals surface area (Å²) < 4.78 is 5.11. The zero-order chi connectivity index (χ0) is 13.7. The molecule has 0 radical (unpaired) electrons. The molecule has 0 aliphatic heterocycles. The highest BCUT2D eigenvalue weighted by Crippen LogP contribution is 2.28. The Morgan fingerprint density at radius 2 is 1.63 bits per heavy atom. The molecule has 19 heavy (non-hydrogen) atoms. The molecule has 2 aromatic rings. The summed E-state index contributed by atoms with van der Waals surface area (Å²) in [5.41, 5.74) is 1.91. The van der Waals surface area contributed by atoms with E-state index >= 15 is 0 Å². The van der Waals surface area contributed by atoms with Crippen molar-refractivity contribution >= 4 is 5.97 Å². The fourth-order valence-electron chi connectivity index (χ4n) is 2.12. The van der Waals surface area contributed by atoms with Gasteiger partial charge in [-0.25, -0.2) is 0 Å². The van der Waals surface area contributed by atoms with Crippen LogP contribution in [0.3, 0.4) is 0 Å². The van der Waals surface area contributed by atoms with Gasteiger partial charge in [0.1, 0.15) is 5.75 Å². The van der Waals surface area contributed by atoms with Crippen molar-refractivity contribution in [2.24, 2.45) is 0 Å². The Morgan fingerprint density at radius 1 is 1.05 bits per heavy atom. The van der Waals surface area contributed by atoms with Gasteiger partial charge < -0.3 is 14.6 Å². The average Bonchev–Trinajstić information content (AvgIpc) is 2.46. The highest BCUT2D eigenvalue weighted by atomic mass is 16.5. The SMILES string of the molecule is COc1ccc([C@H](CC(=O)[O-])c2ccccc2)cc1. The molecule has 0 saturated carbocycles. The maximum atomic E-state index is 10.9. The molecule has 0 spiro atoms. The smallest absolute Gasteiger partial charge is 0.118 e. The first-order valence-electron chi connectivity index (χ1n) is 6.09. The zero-order valence-corrected chi connectivity index (χ0v) is 10.7. The molecule has 0 heterocycles. The van der Waals surface area contributed by atoms with Gasteiger partial charge in [-0.1, -0.05) is 42.5 Å². The number of rotatable bonds is 5. The molecule has 2 rings (SSSR count). The summed E-state index contributed by atoms with van der Waals surface area (Å²) in [7, 11) is 1.60. The molecule has 0 amide bonds. The third kappa shape index (κ3) is 3.35. The van der Waals surface area contributed by atoms with Crippen molar-refractivity contribution in [1.82, 2.24) is 0 Å². The van der Waals surface area contributed by atoms with Crippen LogP contribution in [0.4, 0.5) is 0 Å². The molecule has 0 N–H and O–H groups in total. The Balaban J connectivity index is 2.34. The van der Waals surface area contributed by atoms with Crippen LogP contribution in [0.1, 0.15) is 23.5 Å². The summed E-state index contributed by atoms with van der Waals surface area (Å²) in [4.78, 5) is 10.9. The van der Waals surface area contributed by atoms with Crippen LogP contribution in [0.2, 0.25) is 0 Å². The Hall–Kier alpha value is -2.29. The molecular formula is C16H15O3-. The van der Waals surface area contributed by atoms with Crippen LogP contribution < -0.4 is 9.84 Å². The second-order valence-corrected chi connectivity index (χ2v) is 4.31. The Bertz CT molecular complexity index is 532. The lowest BCUT2D eigenvalue weighted by Gasteiger charge is -2.18. The largest absolute Gasteiger partial charge is 0.550 e. The topological polar surface area (TPSA) is 49.4 Å². The van der Waals surface area contributed by atoms with Gasteiger partial charge in [0.05, 0.1) is 7.11 Å². The minimum Gasteiger partial charge on any atom is -0.550 e. The Labute approximate surface area is 112 Å². The van der Waals surface area contributed by atoms with E-state index in [1.54, 1.807) is 7.11 Å². The van der Waals surface area contributed by atoms with Crippen molar-refractivity contribution in [2.75, 3.05) is 7.11 Å². The van der Waals surface area contributed by atoms with Gasteiger partial charge in [-0.3, -0.25) is 0 Å². The molecule has 0 unspecified atom stereocenters. The average molecular weight is 255 g/mol. The van der Waals surface area contributed by atoms with E-state index in [0.717, 1.165) is 16.9 Å². The second kappa shape index (κ2) is 6.05. The van der Waals surface area contributed by atoms with Crippen LogP contribution in [0.5, 0.6) is 5.75 Å². The maximum Gasteiger partial charge on any atom is 0.118 e. The number of carbonyl (C=O) groups excluding carboxylic acids is 1. The summed E-state index contributed by atoms with van der Waals surface area (Å²) in [6.45, 7) is 0. The van der Waals surface area contributed by atoms with Gasteiger partial charge in [-0.05, 0) is 29.7 Å². The van der Waals surface area contributed by atoms with Crippen molar-refractivity contribution in [3.8, 4) is 5.75 Å². The van der Waals surface area contributed by atoms with E-state index in [9.17, 15) is 9.90 Å². The van der Waals surface area contributed by atoms with Crippen molar-refractivity contribution in [1.29, 1.82) is 0 Å². The van der Waals surface area contributed by atoms with Gasteiger partial charge >= 0.3 is 0 Å². The van der Waals surface area contributed by atoms with Crippen LogP contribution in [0.25, 0.3) is 0 Å². The van der Waals surface area contributed by atoms with Gasteiger partial charge in [-0.15, -0.1) is 0 Å². The van der Waals surface area contributed by atoms with E-state index in [-0.39, 0.29) is 12.3 Å². The fraction of sp³-hybridized carbons (Fsp3) is 0.188. The van der Waals surface area contributed by atoms with Crippen LogP contribution in [0.15, 0.2) is 54.6 Å². The fourth-order valence-corrected chi connectivity index (χ4v) is 2.12. The minimum atomic E-state index is -1.05. The number of methoxy groups -OCH3 is 1. The monoisotopic (exact) mass is 255 g/mol. The highest BCUT2D eigenvalue weighted by molar-refractivity contribution is 5.66. The molecule has 0 fully saturated rings. The molecule has 3 nitrogen and oxygen atoms in total. The predicted octanol–water partition coefficient (Wildman–Crippen LogP) is 1.97. The van der Waals surface area contributed by atoms with Gasteiger partial charge in [0.15, 0.2) is 0 Å². The van der Waals surface area contributed by atoms with Crippen LogP contribution >= 0.6 is 0 Å². The molecule has 0 aromatic heterocycles. The normalized spacial score (nSPS) is 11.8. The third-order valence-electron chi connectivity index (χ3n) is 3.09. The Morgan fingerprint density at radius 3 is 2.16 bits per heavy atom. The van der Waals surface area contributed by atoms with Crippen molar-refractivity contribution in [2.45, 2.75) is 12.3 Å². The summed E-state index contributed by atoms with van der Waals surface area (Å²) in [5.74, 6) is -0.495. The molecule has 0 aliphatic rings.